The first kappa shape index (κ1) is 24.4. The number of likely N-dealkylation sites (tertiary alicyclic amines) is 1. The van der Waals surface area contributed by atoms with E-state index in [2.05, 4.69) is 0 Å². The number of hydrogen-bond acceptors (Lipinski definition) is 7. The van der Waals surface area contributed by atoms with Gasteiger partial charge in [-0.05, 0) is 42.8 Å². The highest BCUT2D eigenvalue weighted by Gasteiger charge is 2.46. The number of aliphatic hydroxyl groups excluding tert-OH is 1. The number of amides is 1. The quantitative estimate of drug-likeness (QED) is 0.334. The Hall–Kier alpha value is -3.23. The van der Waals surface area contributed by atoms with Crippen LogP contribution in [0, 0.1) is 0 Å². The van der Waals surface area contributed by atoms with E-state index < -0.39 is 17.7 Å². The first-order valence-electron chi connectivity index (χ1n) is 10.3. The Morgan fingerprint density at radius 2 is 1.73 bits per heavy atom. The molecule has 0 aromatic heterocycles. The Morgan fingerprint density at radius 1 is 1.03 bits per heavy atom. The molecule has 0 saturated carbocycles. The predicted molar refractivity (Wildman–Crippen MR) is 123 cm³/mol. The third kappa shape index (κ3) is 4.77. The van der Waals surface area contributed by atoms with Gasteiger partial charge in [-0.25, -0.2) is 0 Å². The first-order chi connectivity index (χ1) is 15.9. The summed E-state index contributed by atoms with van der Waals surface area (Å²) in [6.07, 6.45) is 0. The molecule has 0 bridgehead atoms. The highest BCUT2D eigenvalue weighted by molar-refractivity contribution is 6.46. The fourth-order valence-electron chi connectivity index (χ4n) is 3.75. The lowest BCUT2D eigenvalue weighted by atomic mass is 9.95. The number of carbonyl (C=O) groups is 2. The number of benzene rings is 2. The molecule has 2 aromatic carbocycles. The highest BCUT2D eigenvalue weighted by Crippen LogP contribution is 2.42. The summed E-state index contributed by atoms with van der Waals surface area (Å²) < 4.78 is 21.3. The van der Waals surface area contributed by atoms with E-state index in [1.165, 1.54) is 32.3 Å². The predicted octanol–water partition coefficient (Wildman–Crippen LogP) is 3.82. The Labute approximate surface area is 197 Å². The lowest BCUT2D eigenvalue weighted by Gasteiger charge is -2.25. The number of rotatable bonds is 9. The van der Waals surface area contributed by atoms with Gasteiger partial charge >= 0.3 is 0 Å². The molecule has 9 heteroatoms. The molecular weight excluding hydrogens is 450 g/mol. The van der Waals surface area contributed by atoms with Crippen LogP contribution in [-0.2, 0) is 14.3 Å². The minimum Gasteiger partial charge on any atom is -0.507 e. The van der Waals surface area contributed by atoms with Gasteiger partial charge in [-0.15, -0.1) is 0 Å². The van der Waals surface area contributed by atoms with Crippen molar-refractivity contribution in [3.63, 3.8) is 0 Å². The maximum Gasteiger partial charge on any atom is 0.295 e. The van der Waals surface area contributed by atoms with Crippen molar-refractivity contribution in [2.24, 2.45) is 0 Å². The number of carbonyl (C=O) groups excluding carboxylic acids is 2. The Balaban J connectivity index is 2.18. The third-order valence-corrected chi connectivity index (χ3v) is 5.60. The van der Waals surface area contributed by atoms with Crippen LogP contribution in [0.25, 0.3) is 5.76 Å². The van der Waals surface area contributed by atoms with Crippen molar-refractivity contribution in [2.75, 3.05) is 41.1 Å². The zero-order valence-electron chi connectivity index (χ0n) is 18.9. The monoisotopic (exact) mass is 475 g/mol. The molecule has 1 heterocycles. The van der Waals surface area contributed by atoms with Gasteiger partial charge in [0.15, 0.2) is 11.5 Å². The molecule has 1 atom stereocenters. The van der Waals surface area contributed by atoms with Crippen LogP contribution in [0.5, 0.6) is 17.2 Å². The average Bonchev–Trinajstić information content (AvgIpc) is 3.07. The number of Topliss-reactive ketones (excluding diaryl/α,β-unsaturated/α-hetero) is 1. The lowest BCUT2D eigenvalue weighted by molar-refractivity contribution is -0.140. The van der Waals surface area contributed by atoms with Crippen molar-refractivity contribution in [2.45, 2.75) is 13.0 Å². The van der Waals surface area contributed by atoms with Gasteiger partial charge in [0.05, 0.1) is 44.1 Å². The van der Waals surface area contributed by atoms with Gasteiger partial charge in [0, 0.05) is 19.2 Å². The molecule has 1 unspecified atom stereocenters. The number of hydrogen-bond donors (Lipinski definition) is 1. The van der Waals surface area contributed by atoms with Gasteiger partial charge in [0.2, 0.25) is 0 Å². The van der Waals surface area contributed by atoms with Gasteiger partial charge < -0.3 is 29.0 Å². The molecule has 1 saturated heterocycles. The maximum absolute atomic E-state index is 13.0. The molecule has 8 nitrogen and oxygen atoms in total. The second-order valence-corrected chi connectivity index (χ2v) is 7.59. The van der Waals surface area contributed by atoms with Gasteiger partial charge in [-0.3, -0.25) is 9.59 Å². The van der Waals surface area contributed by atoms with Crippen molar-refractivity contribution in [3.05, 3.63) is 58.1 Å². The largest absolute Gasteiger partial charge is 0.507 e. The Morgan fingerprint density at radius 3 is 2.33 bits per heavy atom. The minimum atomic E-state index is -0.856. The molecule has 0 spiro atoms. The molecule has 2 aromatic rings. The fraction of sp³-hybridized carbons (Fsp3) is 0.333. The SMILES string of the molecule is CCOc1ccc(C2/C(=C(/O)c3ccc(OC)c(Cl)c3)C(=O)C(=O)N2CCOC)cc1OC. The lowest BCUT2D eigenvalue weighted by Crippen LogP contribution is -2.32. The average molecular weight is 476 g/mol. The van der Waals surface area contributed by atoms with Crippen LogP contribution < -0.4 is 14.2 Å². The molecule has 1 aliphatic heterocycles. The zero-order chi connectivity index (χ0) is 24.1. The van der Waals surface area contributed by atoms with E-state index >= 15 is 0 Å². The van der Waals surface area contributed by atoms with Crippen LogP contribution in [0.3, 0.4) is 0 Å². The molecule has 1 fully saturated rings. The second-order valence-electron chi connectivity index (χ2n) is 7.18. The molecule has 0 radical (unpaired) electrons. The molecule has 3 rings (SSSR count). The van der Waals surface area contributed by atoms with Crippen molar-refractivity contribution < 1.29 is 33.6 Å². The standard InChI is InChI=1S/C24H26ClNO7/c1-5-33-18-9-6-14(13-19(18)32-4)21-20(23(28)24(29)26(21)10-11-30-2)22(27)15-7-8-17(31-3)16(25)12-15/h6-9,12-13,21,27H,5,10-11H2,1-4H3/b22-20-. The molecule has 33 heavy (non-hydrogen) atoms. The Kier molecular flexibility index (Phi) is 7.84. The van der Waals surface area contributed by atoms with Gasteiger partial charge in [-0.1, -0.05) is 17.7 Å². The van der Waals surface area contributed by atoms with Crippen LogP contribution in [-0.4, -0.2) is 62.8 Å². The maximum atomic E-state index is 13.0. The topological polar surface area (TPSA) is 94.5 Å². The fourth-order valence-corrected chi connectivity index (χ4v) is 4.00. The van der Waals surface area contributed by atoms with E-state index in [9.17, 15) is 14.7 Å². The molecule has 176 valence electrons. The summed E-state index contributed by atoms with van der Waals surface area (Å²) in [5, 5.41) is 11.4. The molecule has 1 aliphatic rings. The number of methoxy groups -OCH3 is 3. The summed E-state index contributed by atoms with van der Waals surface area (Å²) in [6, 6.07) is 8.90. The number of aliphatic hydroxyl groups is 1. The van der Waals surface area contributed by atoms with E-state index in [0.717, 1.165) is 0 Å². The van der Waals surface area contributed by atoms with E-state index in [-0.39, 0.29) is 35.1 Å². The summed E-state index contributed by atoms with van der Waals surface area (Å²) in [4.78, 5) is 27.3. The Bertz CT molecular complexity index is 1080. The van der Waals surface area contributed by atoms with E-state index in [1.54, 1.807) is 30.3 Å². The number of ether oxygens (including phenoxy) is 4. The molecule has 1 amide bonds. The zero-order valence-corrected chi connectivity index (χ0v) is 19.6. The summed E-state index contributed by atoms with van der Waals surface area (Å²) in [5.74, 6) is -0.476. The van der Waals surface area contributed by atoms with Crippen LogP contribution in [0.2, 0.25) is 5.02 Å². The molecule has 1 N–H and O–H groups in total. The molecular formula is C24H26ClNO7. The van der Waals surface area contributed by atoms with E-state index in [1.807, 2.05) is 6.92 Å². The summed E-state index contributed by atoms with van der Waals surface area (Å²) >= 11 is 6.21. The van der Waals surface area contributed by atoms with Crippen LogP contribution in [0.1, 0.15) is 24.1 Å². The normalized spacial score (nSPS) is 17.4. The van der Waals surface area contributed by atoms with Crippen molar-refractivity contribution in [3.8, 4) is 17.2 Å². The van der Waals surface area contributed by atoms with Gasteiger partial charge in [0.1, 0.15) is 11.5 Å². The second kappa shape index (κ2) is 10.6. The summed E-state index contributed by atoms with van der Waals surface area (Å²) in [6.45, 7) is 2.67. The number of ketones is 1. The minimum absolute atomic E-state index is 0.0523. The summed E-state index contributed by atoms with van der Waals surface area (Å²) in [5.41, 5.74) is 0.809. The van der Waals surface area contributed by atoms with E-state index in [0.29, 0.717) is 29.4 Å². The molecule has 0 aliphatic carbocycles. The van der Waals surface area contributed by atoms with Crippen molar-refractivity contribution in [1.82, 2.24) is 4.90 Å². The number of nitrogens with zero attached hydrogens (tertiary/aromatic N) is 1. The first-order valence-corrected chi connectivity index (χ1v) is 10.7. The van der Waals surface area contributed by atoms with Crippen molar-refractivity contribution >= 4 is 29.1 Å². The van der Waals surface area contributed by atoms with Gasteiger partial charge in [-0.2, -0.15) is 0 Å². The van der Waals surface area contributed by atoms with Gasteiger partial charge in [0.25, 0.3) is 11.7 Å². The van der Waals surface area contributed by atoms with E-state index in [4.69, 9.17) is 30.5 Å². The highest BCUT2D eigenvalue weighted by atomic mass is 35.5. The third-order valence-electron chi connectivity index (χ3n) is 5.30. The van der Waals surface area contributed by atoms with Crippen molar-refractivity contribution in [1.29, 1.82) is 0 Å². The number of halogens is 1. The van der Waals surface area contributed by atoms with Crippen LogP contribution >= 0.6 is 11.6 Å². The van der Waals surface area contributed by atoms with Crippen LogP contribution in [0.15, 0.2) is 42.0 Å². The summed E-state index contributed by atoms with van der Waals surface area (Å²) in [7, 11) is 4.48. The smallest absolute Gasteiger partial charge is 0.295 e. The van der Waals surface area contributed by atoms with Crippen LogP contribution in [0.4, 0.5) is 0 Å².